The molecule has 1 saturated heterocycles. The van der Waals surface area contributed by atoms with E-state index in [9.17, 15) is 18.0 Å². The molecule has 2 rings (SSSR count). The first kappa shape index (κ1) is 16.5. The number of nitrogens with two attached hydrogens (primary N) is 1. The van der Waals surface area contributed by atoms with Gasteiger partial charge in [0.2, 0.25) is 5.91 Å². The van der Waals surface area contributed by atoms with E-state index in [1.807, 2.05) is 0 Å². The summed E-state index contributed by atoms with van der Waals surface area (Å²) in [5.74, 6) is 0.0434. The molecule has 4 nitrogen and oxygen atoms in total. The Labute approximate surface area is 123 Å². The molecule has 1 aliphatic heterocycles. The summed E-state index contributed by atoms with van der Waals surface area (Å²) in [6, 6.07) is 0.0846. The van der Waals surface area contributed by atoms with Crippen LogP contribution in [-0.4, -0.2) is 60.6 Å². The van der Waals surface area contributed by atoms with Gasteiger partial charge in [0.15, 0.2) is 0 Å². The second kappa shape index (κ2) is 6.96. The third-order valence-electron chi connectivity index (χ3n) is 4.37. The van der Waals surface area contributed by atoms with Crippen molar-refractivity contribution in [2.75, 3.05) is 32.7 Å². The molecule has 7 heteroatoms. The Balaban J connectivity index is 1.86. The molecule has 122 valence electrons. The molecule has 1 aliphatic carbocycles. The number of nitrogens with zero attached hydrogens (tertiary/aromatic N) is 2. The van der Waals surface area contributed by atoms with Crippen LogP contribution in [0.4, 0.5) is 13.2 Å². The first-order valence-corrected chi connectivity index (χ1v) is 7.68. The highest BCUT2D eigenvalue weighted by molar-refractivity contribution is 5.79. The molecule has 1 heterocycles. The van der Waals surface area contributed by atoms with Gasteiger partial charge in [0.05, 0.1) is 6.54 Å². The molecule has 0 bridgehead atoms. The first-order valence-electron chi connectivity index (χ1n) is 7.68. The predicted octanol–water partition coefficient (Wildman–Crippen LogP) is 1.60. The highest BCUT2D eigenvalue weighted by atomic mass is 19.4. The number of hydrogen-bond acceptors (Lipinski definition) is 3. The van der Waals surface area contributed by atoms with Crippen molar-refractivity contribution in [2.24, 2.45) is 11.7 Å². The molecule has 0 aromatic heterocycles. The SMILES string of the molecule is NC1CCCC(C(=O)N2CCCN(CC(F)(F)F)CC2)C1. The van der Waals surface area contributed by atoms with Crippen molar-refractivity contribution in [1.82, 2.24) is 9.80 Å². The number of hydrogen-bond donors (Lipinski definition) is 1. The van der Waals surface area contributed by atoms with Crippen LogP contribution in [0.25, 0.3) is 0 Å². The first-order chi connectivity index (χ1) is 9.85. The van der Waals surface area contributed by atoms with Crippen LogP contribution >= 0.6 is 0 Å². The molecule has 2 unspecified atom stereocenters. The quantitative estimate of drug-likeness (QED) is 0.843. The van der Waals surface area contributed by atoms with Gasteiger partial charge in [0.1, 0.15) is 0 Å². The van der Waals surface area contributed by atoms with E-state index >= 15 is 0 Å². The van der Waals surface area contributed by atoms with Crippen molar-refractivity contribution >= 4 is 5.91 Å². The lowest BCUT2D eigenvalue weighted by molar-refractivity contribution is -0.145. The highest BCUT2D eigenvalue weighted by Gasteiger charge is 2.33. The maximum Gasteiger partial charge on any atom is 0.401 e. The van der Waals surface area contributed by atoms with Crippen molar-refractivity contribution in [3.05, 3.63) is 0 Å². The van der Waals surface area contributed by atoms with E-state index in [0.29, 0.717) is 39.0 Å². The highest BCUT2D eigenvalue weighted by Crippen LogP contribution is 2.25. The smallest absolute Gasteiger partial charge is 0.341 e. The molecule has 0 aromatic rings. The van der Waals surface area contributed by atoms with Gasteiger partial charge in [-0.15, -0.1) is 0 Å². The average molecular weight is 307 g/mol. The van der Waals surface area contributed by atoms with Crippen molar-refractivity contribution in [1.29, 1.82) is 0 Å². The normalized spacial score (nSPS) is 29.2. The van der Waals surface area contributed by atoms with Gasteiger partial charge in [-0.05, 0) is 25.7 Å². The number of carbonyl (C=O) groups is 1. The van der Waals surface area contributed by atoms with Crippen LogP contribution in [0.1, 0.15) is 32.1 Å². The average Bonchev–Trinajstić information content (AvgIpc) is 2.61. The van der Waals surface area contributed by atoms with E-state index in [1.165, 1.54) is 4.90 Å². The van der Waals surface area contributed by atoms with Gasteiger partial charge < -0.3 is 10.6 Å². The zero-order valence-electron chi connectivity index (χ0n) is 12.2. The van der Waals surface area contributed by atoms with Gasteiger partial charge in [0, 0.05) is 38.1 Å². The molecule has 0 radical (unpaired) electrons. The molecule has 2 atom stereocenters. The van der Waals surface area contributed by atoms with Crippen LogP contribution in [0.5, 0.6) is 0 Å². The Morgan fingerprint density at radius 3 is 2.52 bits per heavy atom. The summed E-state index contributed by atoms with van der Waals surface area (Å²) < 4.78 is 37.3. The lowest BCUT2D eigenvalue weighted by Gasteiger charge is -2.31. The second-order valence-corrected chi connectivity index (χ2v) is 6.19. The van der Waals surface area contributed by atoms with Crippen LogP contribution in [0.2, 0.25) is 0 Å². The largest absolute Gasteiger partial charge is 0.401 e. The van der Waals surface area contributed by atoms with Crippen molar-refractivity contribution in [3.63, 3.8) is 0 Å². The molecule has 0 spiro atoms. The fraction of sp³-hybridized carbons (Fsp3) is 0.929. The molecule has 2 N–H and O–H groups in total. The van der Waals surface area contributed by atoms with E-state index in [2.05, 4.69) is 0 Å². The number of carbonyl (C=O) groups excluding carboxylic acids is 1. The molecular formula is C14H24F3N3O. The van der Waals surface area contributed by atoms with Crippen LogP contribution < -0.4 is 5.73 Å². The van der Waals surface area contributed by atoms with Gasteiger partial charge in [-0.2, -0.15) is 13.2 Å². The molecular weight excluding hydrogens is 283 g/mol. The molecule has 1 amide bonds. The van der Waals surface area contributed by atoms with Gasteiger partial charge in [-0.25, -0.2) is 0 Å². The van der Waals surface area contributed by atoms with E-state index < -0.39 is 12.7 Å². The molecule has 2 aliphatic rings. The maximum atomic E-state index is 12.5. The van der Waals surface area contributed by atoms with Crippen LogP contribution in [-0.2, 0) is 4.79 Å². The van der Waals surface area contributed by atoms with Crippen molar-refractivity contribution < 1.29 is 18.0 Å². The number of alkyl halides is 3. The topological polar surface area (TPSA) is 49.6 Å². The second-order valence-electron chi connectivity index (χ2n) is 6.19. The van der Waals surface area contributed by atoms with E-state index in [0.717, 1.165) is 19.3 Å². The summed E-state index contributed by atoms with van der Waals surface area (Å²) in [7, 11) is 0. The Morgan fingerprint density at radius 2 is 1.86 bits per heavy atom. The van der Waals surface area contributed by atoms with Crippen LogP contribution in [0.3, 0.4) is 0 Å². The minimum atomic E-state index is -4.17. The number of rotatable bonds is 2. The van der Waals surface area contributed by atoms with Crippen molar-refractivity contribution in [2.45, 2.75) is 44.3 Å². The minimum Gasteiger partial charge on any atom is -0.341 e. The third-order valence-corrected chi connectivity index (χ3v) is 4.37. The minimum absolute atomic E-state index is 0.0390. The fourth-order valence-corrected chi connectivity index (χ4v) is 3.31. The molecule has 1 saturated carbocycles. The lowest BCUT2D eigenvalue weighted by Crippen LogP contribution is -2.43. The Morgan fingerprint density at radius 1 is 1.10 bits per heavy atom. The summed E-state index contributed by atoms with van der Waals surface area (Å²) in [6.45, 7) is 0.750. The van der Waals surface area contributed by atoms with Crippen molar-refractivity contribution in [3.8, 4) is 0 Å². The Hall–Kier alpha value is -0.820. The summed E-state index contributed by atoms with van der Waals surface area (Å²) in [6.07, 6.45) is -0.0818. The van der Waals surface area contributed by atoms with Crippen LogP contribution in [0, 0.1) is 5.92 Å². The number of halogens is 3. The van der Waals surface area contributed by atoms with Gasteiger partial charge >= 0.3 is 6.18 Å². The van der Waals surface area contributed by atoms with E-state index in [-0.39, 0.29) is 17.9 Å². The number of amides is 1. The van der Waals surface area contributed by atoms with Crippen LogP contribution in [0.15, 0.2) is 0 Å². The third kappa shape index (κ3) is 5.14. The zero-order valence-corrected chi connectivity index (χ0v) is 12.2. The summed E-state index contributed by atoms with van der Waals surface area (Å²) >= 11 is 0. The van der Waals surface area contributed by atoms with Gasteiger partial charge in [0.25, 0.3) is 0 Å². The lowest BCUT2D eigenvalue weighted by atomic mass is 9.85. The van der Waals surface area contributed by atoms with E-state index in [1.54, 1.807) is 4.90 Å². The van der Waals surface area contributed by atoms with E-state index in [4.69, 9.17) is 5.73 Å². The monoisotopic (exact) mass is 307 g/mol. The standard InChI is InChI=1S/C14H24F3N3O/c15-14(16,17)10-19-5-2-6-20(8-7-19)13(21)11-3-1-4-12(18)9-11/h11-12H,1-10,18H2. The Bertz CT molecular complexity index is 362. The zero-order chi connectivity index (χ0) is 15.5. The maximum absolute atomic E-state index is 12.5. The molecule has 21 heavy (non-hydrogen) atoms. The summed E-state index contributed by atoms with van der Waals surface area (Å²) in [5.41, 5.74) is 5.91. The summed E-state index contributed by atoms with van der Waals surface area (Å²) in [5, 5.41) is 0. The fourth-order valence-electron chi connectivity index (χ4n) is 3.31. The molecule has 0 aromatic carbocycles. The predicted molar refractivity (Wildman–Crippen MR) is 73.6 cm³/mol. The Kier molecular flexibility index (Phi) is 5.48. The summed E-state index contributed by atoms with van der Waals surface area (Å²) in [4.78, 5) is 15.6. The molecule has 2 fully saturated rings. The van der Waals surface area contributed by atoms with Gasteiger partial charge in [-0.1, -0.05) is 6.42 Å². The van der Waals surface area contributed by atoms with Gasteiger partial charge in [-0.3, -0.25) is 9.69 Å².